The third-order valence-electron chi connectivity index (χ3n) is 8.41. The van der Waals surface area contributed by atoms with E-state index in [9.17, 15) is 15.2 Å². The lowest BCUT2D eigenvalue weighted by molar-refractivity contribution is -0.385. The molecule has 6 N–H and O–H groups in total. The van der Waals surface area contributed by atoms with Crippen LogP contribution in [0.15, 0.2) is 97.1 Å². The number of nitro groups is 1. The van der Waals surface area contributed by atoms with Crippen molar-refractivity contribution in [3.8, 4) is 81.7 Å². The zero-order valence-electron chi connectivity index (χ0n) is 36.0. The first-order valence-electron chi connectivity index (χ1n) is 19.0. The maximum absolute atomic E-state index is 10.2. The van der Waals surface area contributed by atoms with Gasteiger partial charge in [-0.15, -0.1) is 0 Å². The molecule has 4 aromatic rings. The van der Waals surface area contributed by atoms with Gasteiger partial charge in [0.1, 0.15) is 23.0 Å². The third kappa shape index (κ3) is 19.4. The van der Waals surface area contributed by atoms with Crippen molar-refractivity contribution in [2.24, 2.45) is 16.7 Å². The molecule has 326 valence electrons. The Morgan fingerprint density at radius 2 is 1.16 bits per heavy atom. The average molecular weight is 855 g/mol. The fraction of sp³-hybridized carbons (Fsp3) is 0.271. The van der Waals surface area contributed by atoms with Gasteiger partial charge in [-0.05, 0) is 94.6 Å². The Morgan fingerprint density at radius 1 is 0.619 bits per heavy atom. The van der Waals surface area contributed by atoms with Gasteiger partial charge in [0.15, 0.2) is 17.2 Å². The van der Waals surface area contributed by atoms with E-state index in [0.29, 0.717) is 24.3 Å². The number of aryl methyl sites for hydroxylation is 1. The molecule has 0 aliphatic heterocycles. The first kappa shape index (κ1) is 52.6. The number of nitro benzene ring substituents is 1. The maximum Gasteiger partial charge on any atom is 0.312 e. The number of rotatable bonds is 5. The summed E-state index contributed by atoms with van der Waals surface area (Å²) in [4.78, 5) is 9.49. The standard InChI is InChI=1S/C10H19N.C9H9NO2.C9H9NO.C7H4N2O3.C7H5NO2.C6H4O/c1-9(2,3)8(7-11)10(4,5)6;1-12-9-6-7(4-5-10)2-3-8(9)11;10-7-1-2-8-3-5-9(11)6-4-8;8-4-5-1-2-7(10)6(3-5)9(11)12;8-4-5-1-6(9)3-7(10)2-5;7-6-2-1-4-3-5(4)6/h8H,1-6H3;2-3,6,11H,4H2,1H3;3-6,11H,1-2H2;1-3,10H;1-3,9-10H;1-3,7H. The molecule has 0 saturated heterocycles. The van der Waals surface area contributed by atoms with Crippen LogP contribution >= 0.6 is 0 Å². The molecule has 4 aromatic carbocycles. The predicted octanol–water partition coefficient (Wildman–Crippen LogP) is 10.0. The molecule has 0 aromatic heterocycles. The van der Waals surface area contributed by atoms with E-state index in [0.717, 1.165) is 35.2 Å². The fourth-order valence-electron chi connectivity index (χ4n) is 5.61. The zero-order valence-corrected chi connectivity index (χ0v) is 36.0. The van der Waals surface area contributed by atoms with Crippen LogP contribution in [0.5, 0.6) is 40.2 Å². The molecule has 0 spiro atoms. The average Bonchev–Trinajstić information content (AvgIpc) is 3.92. The Balaban J connectivity index is 0.000000380. The Labute approximate surface area is 367 Å². The van der Waals surface area contributed by atoms with Gasteiger partial charge in [0.05, 0.1) is 65.8 Å². The van der Waals surface area contributed by atoms with Gasteiger partial charge in [-0.1, -0.05) is 65.8 Å². The number of fused-ring (bicyclic) bond motifs is 1. The van der Waals surface area contributed by atoms with Crippen molar-refractivity contribution < 1.29 is 40.3 Å². The van der Waals surface area contributed by atoms with Gasteiger partial charge in [0, 0.05) is 24.1 Å². The summed E-state index contributed by atoms with van der Waals surface area (Å²) in [5.41, 5.74) is 4.28. The van der Waals surface area contributed by atoms with Gasteiger partial charge < -0.3 is 35.4 Å². The van der Waals surface area contributed by atoms with Crippen LogP contribution in [0.1, 0.15) is 70.2 Å². The molecule has 0 heterocycles. The van der Waals surface area contributed by atoms with Crippen LogP contribution in [0.2, 0.25) is 0 Å². The lowest BCUT2D eigenvalue weighted by Crippen LogP contribution is -2.31. The molecule has 0 radical (unpaired) electrons. The number of nitrogens with zero attached hydrogens (tertiary/aromatic N) is 6. The number of benzene rings is 5. The SMILES string of the molecule is CC(C)(C)C(C#N)C(C)(C)C.COc1cc(CC#N)ccc1O.N#CCCc1ccc(O)cc1.N#Cc1cc(O)cc(O)c1.N#Cc1ccc(O)c([N+](=O)[O-])c1.Oc1ccc2cc1-2. The first-order chi connectivity index (χ1) is 29.5. The highest BCUT2D eigenvalue weighted by atomic mass is 16.6. The van der Waals surface area contributed by atoms with E-state index in [1.54, 1.807) is 42.5 Å². The van der Waals surface area contributed by atoms with Crippen molar-refractivity contribution in [3.63, 3.8) is 0 Å². The molecule has 2 aliphatic rings. The minimum atomic E-state index is -0.740. The molecule has 0 bridgehead atoms. The Bertz CT molecular complexity index is 2480. The monoisotopic (exact) mass is 854 g/mol. The minimum Gasteiger partial charge on any atom is -0.508 e. The van der Waals surface area contributed by atoms with Crippen LogP contribution in [0.4, 0.5) is 5.69 Å². The summed E-state index contributed by atoms with van der Waals surface area (Å²) in [7, 11) is 1.48. The number of nitriles is 5. The molecular formula is C48H50N6O9. The van der Waals surface area contributed by atoms with E-state index in [2.05, 4.69) is 53.7 Å². The highest BCUT2D eigenvalue weighted by molar-refractivity contribution is 5.86. The number of aromatic hydroxyl groups is 6. The van der Waals surface area contributed by atoms with Crippen molar-refractivity contribution in [2.45, 2.75) is 60.8 Å². The van der Waals surface area contributed by atoms with Crippen molar-refractivity contribution in [3.05, 3.63) is 129 Å². The molecule has 6 rings (SSSR count). The van der Waals surface area contributed by atoms with E-state index >= 15 is 0 Å². The van der Waals surface area contributed by atoms with E-state index in [-0.39, 0.29) is 50.9 Å². The van der Waals surface area contributed by atoms with Crippen molar-refractivity contribution in [1.82, 2.24) is 0 Å². The maximum atomic E-state index is 10.2. The first-order valence-corrected chi connectivity index (χ1v) is 19.0. The number of phenolic OH excluding ortho intramolecular Hbond substituents is 6. The van der Waals surface area contributed by atoms with E-state index < -0.39 is 16.4 Å². The van der Waals surface area contributed by atoms with Crippen LogP contribution in [-0.4, -0.2) is 42.7 Å². The molecule has 63 heavy (non-hydrogen) atoms. The highest BCUT2D eigenvalue weighted by Gasteiger charge is 2.34. The second-order valence-corrected chi connectivity index (χ2v) is 15.6. The summed E-state index contributed by atoms with van der Waals surface area (Å²) in [6.45, 7) is 12.7. The summed E-state index contributed by atoms with van der Waals surface area (Å²) in [6, 6.07) is 34.5. The van der Waals surface area contributed by atoms with Gasteiger partial charge in [-0.3, -0.25) is 10.1 Å². The quantitative estimate of drug-likeness (QED) is 0.0695. The molecule has 0 amide bonds. The zero-order chi connectivity index (χ0) is 47.9. The lowest BCUT2D eigenvalue weighted by atomic mass is 9.67. The lowest BCUT2D eigenvalue weighted by Gasteiger charge is -2.35. The molecule has 0 atom stereocenters. The summed E-state index contributed by atoms with van der Waals surface area (Å²) in [5.74, 6) is 0.685. The second kappa shape index (κ2) is 25.2. The number of methoxy groups -OCH3 is 1. The Kier molecular flexibility index (Phi) is 21.1. The van der Waals surface area contributed by atoms with Gasteiger partial charge in [-0.2, -0.15) is 26.3 Å². The molecule has 0 unspecified atom stereocenters. The van der Waals surface area contributed by atoms with Gasteiger partial charge >= 0.3 is 5.69 Å². The Morgan fingerprint density at radius 3 is 1.54 bits per heavy atom. The number of hydrogen-bond acceptors (Lipinski definition) is 14. The van der Waals surface area contributed by atoms with Gasteiger partial charge in [-0.25, -0.2) is 0 Å². The minimum absolute atomic E-state index is 0.0903. The molecule has 15 heteroatoms. The molecular weight excluding hydrogens is 805 g/mol. The number of phenols is 6. The van der Waals surface area contributed by atoms with Crippen LogP contribution in [0.3, 0.4) is 0 Å². The molecule has 2 aliphatic carbocycles. The molecule has 0 saturated carbocycles. The van der Waals surface area contributed by atoms with Gasteiger partial charge in [0.2, 0.25) is 0 Å². The van der Waals surface area contributed by atoms with Crippen LogP contribution in [0, 0.1) is 83.5 Å². The highest BCUT2D eigenvalue weighted by Crippen LogP contribution is 2.42. The van der Waals surface area contributed by atoms with Crippen LogP contribution in [0.25, 0.3) is 11.1 Å². The summed E-state index contributed by atoms with van der Waals surface area (Å²) in [6.07, 6.45) is 1.62. The topological polar surface area (TPSA) is 293 Å². The third-order valence-corrected chi connectivity index (χ3v) is 8.41. The van der Waals surface area contributed by atoms with E-state index in [1.807, 2.05) is 30.3 Å². The van der Waals surface area contributed by atoms with Crippen molar-refractivity contribution in [2.75, 3.05) is 7.11 Å². The summed E-state index contributed by atoms with van der Waals surface area (Å²) >= 11 is 0. The smallest absolute Gasteiger partial charge is 0.312 e. The number of ether oxygens (including phenoxy) is 1. The molecule has 15 nitrogen and oxygen atoms in total. The summed E-state index contributed by atoms with van der Waals surface area (Å²) < 4.78 is 4.87. The van der Waals surface area contributed by atoms with E-state index in [1.165, 1.54) is 43.0 Å². The van der Waals surface area contributed by atoms with Crippen LogP contribution < -0.4 is 4.74 Å². The second-order valence-electron chi connectivity index (χ2n) is 15.6. The Hall–Kier alpha value is -8.45. The molecule has 0 fully saturated rings. The van der Waals surface area contributed by atoms with E-state index in [4.69, 9.17) is 56.6 Å². The van der Waals surface area contributed by atoms with Crippen molar-refractivity contribution in [1.29, 1.82) is 26.3 Å². The van der Waals surface area contributed by atoms with Crippen molar-refractivity contribution >= 4 is 5.69 Å². The fourth-order valence-corrected chi connectivity index (χ4v) is 5.61. The number of hydrogen-bond donors (Lipinski definition) is 6. The van der Waals surface area contributed by atoms with Crippen LogP contribution in [-0.2, 0) is 12.8 Å². The summed E-state index contributed by atoms with van der Waals surface area (Å²) in [5, 5.41) is 106. The van der Waals surface area contributed by atoms with Gasteiger partial charge in [0.25, 0.3) is 0 Å². The normalized spacial score (nSPS) is 9.95. The largest absolute Gasteiger partial charge is 0.508 e. The predicted molar refractivity (Wildman–Crippen MR) is 235 cm³/mol.